The average Bonchev–Trinajstić information content (AvgIpc) is 3.20. The van der Waals surface area contributed by atoms with Gasteiger partial charge in [0.1, 0.15) is 0 Å². The number of nitrogens with one attached hydrogen (secondary N) is 2. The van der Waals surface area contributed by atoms with Crippen molar-refractivity contribution in [1.29, 1.82) is 0 Å². The van der Waals surface area contributed by atoms with Gasteiger partial charge in [-0.2, -0.15) is 4.37 Å². The number of rotatable bonds is 6. The first-order valence-corrected chi connectivity index (χ1v) is 11.5. The predicted molar refractivity (Wildman–Crippen MR) is 122 cm³/mol. The lowest BCUT2D eigenvalue weighted by molar-refractivity contribution is -0.122. The molecule has 2 saturated heterocycles. The summed E-state index contributed by atoms with van der Waals surface area (Å²) in [6.07, 6.45) is 2.18. The minimum atomic E-state index is -0.368. The van der Waals surface area contributed by atoms with Crippen molar-refractivity contribution in [1.82, 2.24) is 19.9 Å². The Morgan fingerprint density at radius 1 is 1.29 bits per heavy atom. The van der Waals surface area contributed by atoms with Crippen LogP contribution in [-0.2, 0) is 4.79 Å². The van der Waals surface area contributed by atoms with Crippen LogP contribution in [0.1, 0.15) is 38.3 Å². The van der Waals surface area contributed by atoms with E-state index in [4.69, 9.17) is 4.37 Å². The lowest BCUT2D eigenvalue weighted by atomic mass is 9.95. The maximum atomic E-state index is 12.4. The standard InChI is InChI=1S/C20H28N4OS2.ClH/c1-20(2)19(25)22-18(26-20)15(7-5-11-24-12-9-21-10-13-24)17-14-6-3-4-8-16(14)27-23-17;/h3-4,6,8,15,18,21H,5,7,9-13H2,1-2H3,(H,22,25);1H. The maximum Gasteiger partial charge on any atom is 0.236 e. The molecule has 8 heteroatoms. The zero-order valence-electron chi connectivity index (χ0n) is 16.4. The van der Waals surface area contributed by atoms with E-state index in [1.54, 1.807) is 23.3 Å². The first-order valence-electron chi connectivity index (χ1n) is 9.81. The van der Waals surface area contributed by atoms with Gasteiger partial charge in [-0.05, 0) is 50.8 Å². The Morgan fingerprint density at radius 3 is 2.75 bits per heavy atom. The normalized spacial score (nSPS) is 23.4. The Balaban J connectivity index is 0.00000225. The van der Waals surface area contributed by atoms with E-state index in [9.17, 15) is 4.79 Å². The molecule has 1 aromatic heterocycles. The molecule has 0 spiro atoms. The fraction of sp³-hybridized carbons (Fsp3) is 0.600. The lowest BCUT2D eigenvalue weighted by Crippen LogP contribution is -2.43. The number of thioether (sulfide) groups is 1. The van der Waals surface area contributed by atoms with E-state index in [-0.39, 0.29) is 34.4 Å². The van der Waals surface area contributed by atoms with Crippen molar-refractivity contribution in [3.05, 3.63) is 30.0 Å². The molecule has 2 unspecified atom stereocenters. The number of carbonyl (C=O) groups is 1. The van der Waals surface area contributed by atoms with Crippen molar-refractivity contribution in [2.75, 3.05) is 32.7 Å². The Kier molecular flexibility index (Phi) is 7.26. The number of nitrogens with zero attached hydrogens (tertiary/aromatic N) is 2. The van der Waals surface area contributed by atoms with Crippen LogP contribution in [0.25, 0.3) is 10.1 Å². The van der Waals surface area contributed by atoms with Crippen molar-refractivity contribution in [3.8, 4) is 0 Å². The molecule has 3 heterocycles. The largest absolute Gasteiger partial charge is 0.342 e. The summed E-state index contributed by atoms with van der Waals surface area (Å²) in [5.74, 6) is 0.393. The number of fused-ring (bicyclic) bond motifs is 1. The monoisotopic (exact) mass is 440 g/mol. The van der Waals surface area contributed by atoms with Crippen LogP contribution in [0, 0.1) is 0 Å². The van der Waals surface area contributed by atoms with Gasteiger partial charge >= 0.3 is 0 Å². The summed E-state index contributed by atoms with van der Waals surface area (Å²) >= 11 is 3.33. The van der Waals surface area contributed by atoms with Gasteiger partial charge in [0.25, 0.3) is 0 Å². The highest BCUT2D eigenvalue weighted by atomic mass is 35.5. The van der Waals surface area contributed by atoms with Crippen molar-refractivity contribution in [2.24, 2.45) is 0 Å². The molecule has 0 aliphatic carbocycles. The Bertz CT molecular complexity index is 806. The molecular formula is C20H29ClN4OS2. The third kappa shape index (κ3) is 4.65. The molecule has 154 valence electrons. The number of carbonyl (C=O) groups excluding carboxylic acids is 1. The molecule has 2 fully saturated rings. The first kappa shape index (κ1) is 21.8. The molecular weight excluding hydrogens is 412 g/mol. The molecule has 0 radical (unpaired) electrons. The van der Waals surface area contributed by atoms with Gasteiger partial charge in [0, 0.05) is 37.5 Å². The van der Waals surface area contributed by atoms with Crippen LogP contribution in [-0.4, -0.2) is 58.0 Å². The van der Waals surface area contributed by atoms with E-state index in [1.807, 2.05) is 13.8 Å². The first-order chi connectivity index (χ1) is 13.0. The van der Waals surface area contributed by atoms with Gasteiger partial charge in [0.2, 0.25) is 5.91 Å². The van der Waals surface area contributed by atoms with Gasteiger partial charge < -0.3 is 15.5 Å². The smallest absolute Gasteiger partial charge is 0.236 e. The van der Waals surface area contributed by atoms with E-state index in [0.717, 1.165) is 51.3 Å². The summed E-state index contributed by atoms with van der Waals surface area (Å²) < 4.78 is 5.69. The van der Waals surface area contributed by atoms with Crippen molar-refractivity contribution in [2.45, 2.75) is 42.7 Å². The van der Waals surface area contributed by atoms with E-state index in [0.29, 0.717) is 0 Å². The Labute approximate surface area is 181 Å². The summed E-state index contributed by atoms with van der Waals surface area (Å²) in [5.41, 5.74) is 1.16. The molecule has 28 heavy (non-hydrogen) atoms. The number of halogens is 1. The summed E-state index contributed by atoms with van der Waals surface area (Å²) in [7, 11) is 0. The molecule has 5 nitrogen and oxygen atoms in total. The minimum absolute atomic E-state index is 0. The molecule has 2 atom stereocenters. The van der Waals surface area contributed by atoms with E-state index in [2.05, 4.69) is 39.8 Å². The number of aromatic nitrogens is 1. The van der Waals surface area contributed by atoms with Crippen LogP contribution >= 0.6 is 35.7 Å². The highest BCUT2D eigenvalue weighted by molar-refractivity contribution is 8.02. The second-order valence-electron chi connectivity index (χ2n) is 7.93. The van der Waals surface area contributed by atoms with Gasteiger partial charge in [-0.25, -0.2) is 0 Å². The zero-order chi connectivity index (χ0) is 18.9. The highest BCUT2D eigenvalue weighted by Crippen LogP contribution is 2.44. The Morgan fingerprint density at radius 2 is 2.04 bits per heavy atom. The van der Waals surface area contributed by atoms with Gasteiger partial charge in [-0.3, -0.25) is 4.79 Å². The number of benzene rings is 1. The minimum Gasteiger partial charge on any atom is -0.342 e. The third-order valence-electron chi connectivity index (χ3n) is 5.56. The van der Waals surface area contributed by atoms with Crippen LogP contribution in [0.15, 0.2) is 24.3 Å². The number of piperazine rings is 1. The maximum absolute atomic E-state index is 12.4. The molecule has 0 bridgehead atoms. The second-order valence-corrected chi connectivity index (χ2v) is 10.5. The van der Waals surface area contributed by atoms with Gasteiger partial charge in [-0.1, -0.05) is 18.2 Å². The van der Waals surface area contributed by atoms with Crippen LogP contribution in [0.3, 0.4) is 0 Å². The molecule has 2 aromatic rings. The lowest BCUT2D eigenvalue weighted by Gasteiger charge is -2.28. The molecule has 2 aliphatic heterocycles. The zero-order valence-corrected chi connectivity index (χ0v) is 18.9. The van der Waals surface area contributed by atoms with Crippen molar-refractivity contribution < 1.29 is 4.79 Å². The fourth-order valence-corrected chi connectivity index (χ4v) is 6.20. The summed E-state index contributed by atoms with van der Waals surface area (Å²) in [6, 6.07) is 8.46. The van der Waals surface area contributed by atoms with Crippen LogP contribution in [0.4, 0.5) is 0 Å². The molecule has 2 aliphatic rings. The van der Waals surface area contributed by atoms with Crippen LogP contribution in [0.2, 0.25) is 0 Å². The SMILES string of the molecule is CC1(C)SC(C(CCCN2CCNCC2)c2nsc3ccccc23)NC1=O.Cl. The third-order valence-corrected chi connectivity index (χ3v) is 7.88. The Hall–Kier alpha value is -0.860. The van der Waals surface area contributed by atoms with Crippen LogP contribution < -0.4 is 10.6 Å². The highest BCUT2D eigenvalue weighted by Gasteiger charge is 2.44. The molecule has 1 aromatic carbocycles. The second kappa shape index (κ2) is 9.30. The van der Waals surface area contributed by atoms with Crippen molar-refractivity contribution in [3.63, 3.8) is 0 Å². The summed E-state index contributed by atoms with van der Waals surface area (Å²) in [6.45, 7) is 9.59. The van der Waals surface area contributed by atoms with E-state index in [1.165, 1.54) is 10.1 Å². The molecule has 1 amide bonds. The van der Waals surface area contributed by atoms with Gasteiger partial charge in [0.05, 0.1) is 20.5 Å². The molecule has 0 saturated carbocycles. The number of hydrogen-bond donors (Lipinski definition) is 2. The van der Waals surface area contributed by atoms with E-state index < -0.39 is 0 Å². The van der Waals surface area contributed by atoms with Crippen LogP contribution in [0.5, 0.6) is 0 Å². The molecule has 4 rings (SSSR count). The number of amides is 1. The van der Waals surface area contributed by atoms with Gasteiger partial charge in [0.15, 0.2) is 0 Å². The fourth-order valence-electron chi connectivity index (χ4n) is 3.96. The molecule has 2 N–H and O–H groups in total. The summed E-state index contributed by atoms with van der Waals surface area (Å²) in [5, 5.41) is 8.01. The number of hydrogen-bond acceptors (Lipinski definition) is 6. The topological polar surface area (TPSA) is 57.3 Å². The quantitative estimate of drug-likeness (QED) is 0.720. The average molecular weight is 441 g/mol. The van der Waals surface area contributed by atoms with Crippen molar-refractivity contribution >= 4 is 51.7 Å². The van der Waals surface area contributed by atoms with Gasteiger partial charge in [-0.15, -0.1) is 24.2 Å². The summed E-state index contributed by atoms with van der Waals surface area (Å²) in [4.78, 5) is 14.9. The predicted octanol–water partition coefficient (Wildman–Crippen LogP) is 3.45. The van der Waals surface area contributed by atoms with E-state index >= 15 is 0 Å².